The fourth-order valence-corrected chi connectivity index (χ4v) is 2.13. The highest BCUT2D eigenvalue weighted by molar-refractivity contribution is 14.1. The van der Waals surface area contributed by atoms with Crippen molar-refractivity contribution in [2.24, 2.45) is 0 Å². The van der Waals surface area contributed by atoms with Crippen molar-refractivity contribution in [2.75, 3.05) is 0 Å². The van der Waals surface area contributed by atoms with Gasteiger partial charge in [-0.2, -0.15) is 5.10 Å². The molecule has 0 radical (unpaired) electrons. The Bertz CT molecular complexity index is 242. The average molecular weight is 248 g/mol. The molecule has 0 atom stereocenters. The third-order valence-electron chi connectivity index (χ3n) is 2.02. The van der Waals surface area contributed by atoms with E-state index in [-0.39, 0.29) is 0 Å². The molecule has 0 N–H and O–H groups in total. The van der Waals surface area contributed by atoms with E-state index < -0.39 is 0 Å². The molecular weight excluding hydrogens is 239 g/mol. The number of hydrogen-bond acceptors (Lipinski definition) is 1. The Balaban J connectivity index is 2.45. The Morgan fingerprint density at radius 2 is 2.20 bits per heavy atom. The van der Waals surface area contributed by atoms with Crippen molar-refractivity contribution < 1.29 is 0 Å². The molecule has 0 unspecified atom stereocenters. The van der Waals surface area contributed by atoms with Crippen LogP contribution in [0.3, 0.4) is 0 Å². The van der Waals surface area contributed by atoms with Crippen molar-refractivity contribution in [3.05, 3.63) is 17.5 Å². The first-order chi connectivity index (χ1) is 4.88. The summed E-state index contributed by atoms with van der Waals surface area (Å²) >= 11 is 2.24. The molecule has 0 fully saturated rings. The minimum absolute atomic E-state index is 1.22. The lowest BCUT2D eigenvalue weighted by Crippen LogP contribution is -2.02. The van der Waals surface area contributed by atoms with Crippen LogP contribution in [0.5, 0.6) is 0 Å². The van der Waals surface area contributed by atoms with Gasteiger partial charge in [0.15, 0.2) is 0 Å². The van der Waals surface area contributed by atoms with E-state index in [0.29, 0.717) is 0 Å². The van der Waals surface area contributed by atoms with E-state index in [1.807, 2.05) is 9.09 Å². The molecule has 1 aromatic heterocycles. The number of aromatic nitrogens is 2. The van der Waals surface area contributed by atoms with E-state index in [1.165, 1.54) is 36.9 Å². The van der Waals surface area contributed by atoms with Crippen LogP contribution < -0.4 is 0 Å². The molecule has 54 valence electrons. The van der Waals surface area contributed by atoms with Crippen molar-refractivity contribution in [1.82, 2.24) is 7.99 Å². The highest BCUT2D eigenvalue weighted by Gasteiger charge is 2.12. The minimum Gasteiger partial charge on any atom is -0.208 e. The molecule has 0 spiro atoms. The zero-order chi connectivity index (χ0) is 6.97. The van der Waals surface area contributed by atoms with Crippen LogP contribution >= 0.6 is 22.9 Å². The van der Waals surface area contributed by atoms with Gasteiger partial charge in [0.25, 0.3) is 0 Å². The quantitative estimate of drug-likeness (QED) is 0.642. The number of rotatable bonds is 0. The van der Waals surface area contributed by atoms with E-state index in [9.17, 15) is 0 Å². The standard InChI is InChI=1S/C7H9IN2/c8-10-7-4-2-1-3-6(7)5-9-10/h5H,1-4H2. The van der Waals surface area contributed by atoms with Crippen LogP contribution in [0.1, 0.15) is 24.1 Å². The van der Waals surface area contributed by atoms with Crippen molar-refractivity contribution >= 4 is 22.9 Å². The highest BCUT2D eigenvalue weighted by Crippen LogP contribution is 2.21. The Morgan fingerprint density at radius 3 is 3.00 bits per heavy atom. The van der Waals surface area contributed by atoms with E-state index in [1.54, 1.807) is 0 Å². The second kappa shape index (κ2) is 2.53. The molecule has 10 heavy (non-hydrogen) atoms. The van der Waals surface area contributed by atoms with E-state index in [2.05, 4.69) is 28.0 Å². The lowest BCUT2D eigenvalue weighted by Gasteiger charge is -2.09. The number of aryl methyl sites for hydroxylation is 1. The van der Waals surface area contributed by atoms with Crippen LogP contribution in [0.15, 0.2) is 6.20 Å². The van der Waals surface area contributed by atoms with Gasteiger partial charge in [0, 0.05) is 0 Å². The van der Waals surface area contributed by atoms with Crippen LogP contribution in [0, 0.1) is 0 Å². The molecule has 0 saturated carbocycles. The molecule has 0 amide bonds. The number of hydrogen-bond donors (Lipinski definition) is 0. The molecule has 0 aliphatic heterocycles. The average Bonchev–Trinajstić information content (AvgIpc) is 2.34. The van der Waals surface area contributed by atoms with Gasteiger partial charge < -0.3 is 0 Å². The SMILES string of the molecule is In1ncc2c1CCCC2. The third-order valence-corrected chi connectivity index (χ3v) is 2.85. The van der Waals surface area contributed by atoms with Gasteiger partial charge in [-0.25, -0.2) is 2.90 Å². The number of fused-ring (bicyclic) bond motifs is 1. The maximum Gasteiger partial charge on any atom is 0.0846 e. The fourth-order valence-electron chi connectivity index (χ4n) is 1.45. The van der Waals surface area contributed by atoms with Gasteiger partial charge >= 0.3 is 0 Å². The molecule has 2 nitrogen and oxygen atoms in total. The van der Waals surface area contributed by atoms with Crippen LogP contribution in [0.25, 0.3) is 0 Å². The Hall–Kier alpha value is -0.0600. The van der Waals surface area contributed by atoms with E-state index in [0.717, 1.165) is 0 Å². The van der Waals surface area contributed by atoms with Gasteiger partial charge in [-0.05, 0) is 31.2 Å². The van der Waals surface area contributed by atoms with Gasteiger partial charge in [0.1, 0.15) is 0 Å². The summed E-state index contributed by atoms with van der Waals surface area (Å²) in [6, 6.07) is 0. The first-order valence-electron chi connectivity index (χ1n) is 3.60. The molecule has 2 rings (SSSR count). The van der Waals surface area contributed by atoms with Crippen LogP contribution in [0.4, 0.5) is 0 Å². The summed E-state index contributed by atoms with van der Waals surface area (Å²) in [7, 11) is 0. The molecule has 1 aliphatic carbocycles. The summed E-state index contributed by atoms with van der Waals surface area (Å²) in [4.78, 5) is 0. The first kappa shape index (κ1) is 6.64. The van der Waals surface area contributed by atoms with Crippen molar-refractivity contribution in [1.29, 1.82) is 0 Å². The second-order valence-corrected chi connectivity index (χ2v) is 3.60. The van der Waals surface area contributed by atoms with E-state index >= 15 is 0 Å². The van der Waals surface area contributed by atoms with Crippen LogP contribution in [0.2, 0.25) is 0 Å². The Morgan fingerprint density at radius 1 is 1.40 bits per heavy atom. The number of halogens is 1. The predicted octanol–water partition coefficient (Wildman–Crippen LogP) is 1.96. The van der Waals surface area contributed by atoms with E-state index in [4.69, 9.17) is 0 Å². The normalized spacial score (nSPS) is 16.9. The summed E-state index contributed by atoms with van der Waals surface area (Å²) in [6.45, 7) is 0. The molecule has 3 heteroatoms. The largest absolute Gasteiger partial charge is 0.208 e. The Kier molecular flexibility index (Phi) is 1.68. The lowest BCUT2D eigenvalue weighted by molar-refractivity contribution is 0.672. The monoisotopic (exact) mass is 248 g/mol. The molecular formula is C7H9IN2. The van der Waals surface area contributed by atoms with Gasteiger partial charge in [0.05, 0.1) is 34.8 Å². The molecule has 0 aromatic carbocycles. The number of nitrogens with zero attached hydrogens (tertiary/aromatic N) is 2. The molecule has 1 heterocycles. The topological polar surface area (TPSA) is 17.8 Å². The van der Waals surface area contributed by atoms with Gasteiger partial charge in [0.2, 0.25) is 0 Å². The maximum atomic E-state index is 4.20. The van der Waals surface area contributed by atoms with Crippen molar-refractivity contribution in [3.63, 3.8) is 0 Å². The predicted molar refractivity (Wildman–Crippen MR) is 48.3 cm³/mol. The molecule has 1 aromatic rings. The summed E-state index contributed by atoms with van der Waals surface area (Å²) < 4.78 is 1.98. The summed E-state index contributed by atoms with van der Waals surface area (Å²) in [5.41, 5.74) is 2.90. The smallest absolute Gasteiger partial charge is 0.0846 e. The summed E-state index contributed by atoms with van der Waals surface area (Å²) in [5, 5.41) is 4.20. The first-order valence-corrected chi connectivity index (χ1v) is 4.56. The second-order valence-electron chi connectivity index (χ2n) is 2.68. The molecule has 0 bridgehead atoms. The molecule has 1 aliphatic rings. The van der Waals surface area contributed by atoms with Gasteiger partial charge in [-0.1, -0.05) is 0 Å². The zero-order valence-electron chi connectivity index (χ0n) is 5.68. The highest BCUT2D eigenvalue weighted by atomic mass is 127. The van der Waals surface area contributed by atoms with Crippen LogP contribution in [-0.4, -0.2) is 7.99 Å². The molecule has 0 saturated heterocycles. The van der Waals surface area contributed by atoms with Gasteiger partial charge in [-0.15, -0.1) is 0 Å². The summed E-state index contributed by atoms with van der Waals surface area (Å²) in [6.07, 6.45) is 7.13. The van der Waals surface area contributed by atoms with Crippen molar-refractivity contribution in [2.45, 2.75) is 25.7 Å². The van der Waals surface area contributed by atoms with Crippen molar-refractivity contribution in [3.8, 4) is 0 Å². The fraction of sp³-hybridized carbons (Fsp3) is 0.571. The lowest BCUT2D eigenvalue weighted by atomic mass is 9.99. The van der Waals surface area contributed by atoms with Crippen LogP contribution in [-0.2, 0) is 12.8 Å². The third kappa shape index (κ3) is 0.962. The zero-order valence-corrected chi connectivity index (χ0v) is 7.84. The van der Waals surface area contributed by atoms with Gasteiger partial charge in [-0.3, -0.25) is 0 Å². The maximum absolute atomic E-state index is 4.20. The Labute approximate surface area is 74.1 Å². The summed E-state index contributed by atoms with van der Waals surface area (Å²) in [5.74, 6) is 0. The minimum atomic E-state index is 1.22.